The molecule has 0 atom stereocenters. The molecule has 220 valence electrons. The van der Waals surface area contributed by atoms with Crippen molar-refractivity contribution in [2.75, 3.05) is 0 Å². The second-order valence-electron chi connectivity index (χ2n) is 11.4. The van der Waals surface area contributed by atoms with Gasteiger partial charge in [-0.05, 0) is 36.4 Å². The van der Waals surface area contributed by atoms with Crippen LogP contribution in [0.15, 0.2) is 138 Å². The van der Waals surface area contributed by atoms with Gasteiger partial charge in [0.25, 0.3) is 0 Å². The molecule has 0 N–H and O–H groups in total. The van der Waals surface area contributed by atoms with Crippen molar-refractivity contribution in [3.63, 3.8) is 0 Å². The van der Waals surface area contributed by atoms with Gasteiger partial charge in [-0.1, -0.05) is 97.1 Å². The SMILES string of the molecule is c1ccc(-c2nc(-c3ccc4c(c3)sc3ccccc34)nc(-c3cccc4sc5c(-c6nc7ccccc7o6)cccc5c34)n2)cc1. The van der Waals surface area contributed by atoms with E-state index >= 15 is 0 Å². The second kappa shape index (κ2) is 10.4. The topological polar surface area (TPSA) is 64.7 Å². The molecule has 0 aliphatic heterocycles. The van der Waals surface area contributed by atoms with Gasteiger partial charge in [0.05, 0.1) is 5.56 Å². The van der Waals surface area contributed by atoms with E-state index < -0.39 is 0 Å². The molecule has 0 unspecified atom stereocenters. The molecule has 0 saturated heterocycles. The van der Waals surface area contributed by atoms with Crippen LogP contribution < -0.4 is 0 Å². The molecule has 0 spiro atoms. The highest BCUT2D eigenvalue weighted by molar-refractivity contribution is 7.26. The maximum absolute atomic E-state index is 6.22. The number of hydrogen-bond acceptors (Lipinski definition) is 7. The van der Waals surface area contributed by atoms with Gasteiger partial charge in [0.2, 0.25) is 5.89 Å². The molecule has 0 saturated carbocycles. The Morgan fingerprint density at radius 1 is 0.447 bits per heavy atom. The number of fused-ring (bicyclic) bond motifs is 7. The third-order valence-electron chi connectivity index (χ3n) is 8.59. The van der Waals surface area contributed by atoms with E-state index in [9.17, 15) is 0 Å². The summed E-state index contributed by atoms with van der Waals surface area (Å²) in [7, 11) is 0. The van der Waals surface area contributed by atoms with Gasteiger partial charge in [0.15, 0.2) is 23.1 Å². The lowest BCUT2D eigenvalue weighted by Gasteiger charge is -2.10. The molecule has 0 fully saturated rings. The Kier molecular flexibility index (Phi) is 5.85. The van der Waals surface area contributed by atoms with E-state index in [-0.39, 0.29) is 0 Å². The Bertz CT molecular complexity index is 2780. The van der Waals surface area contributed by atoms with E-state index in [1.54, 1.807) is 22.7 Å². The van der Waals surface area contributed by atoms with E-state index in [1.807, 2.05) is 54.6 Å². The summed E-state index contributed by atoms with van der Waals surface area (Å²) in [6.07, 6.45) is 0. The summed E-state index contributed by atoms with van der Waals surface area (Å²) in [5, 5.41) is 4.75. The highest BCUT2D eigenvalue weighted by Gasteiger charge is 2.20. The molecule has 10 rings (SSSR count). The van der Waals surface area contributed by atoms with Crippen LogP contribution in [0.1, 0.15) is 0 Å². The molecular formula is C40H22N4OS2. The van der Waals surface area contributed by atoms with Crippen LogP contribution in [0, 0.1) is 0 Å². The van der Waals surface area contributed by atoms with Crippen LogP contribution in [-0.2, 0) is 0 Å². The summed E-state index contributed by atoms with van der Waals surface area (Å²) in [6.45, 7) is 0. The molecule has 4 aromatic heterocycles. The van der Waals surface area contributed by atoms with E-state index in [0.717, 1.165) is 53.5 Å². The number of hydrogen-bond donors (Lipinski definition) is 0. The Balaban J connectivity index is 1.19. The zero-order chi connectivity index (χ0) is 30.9. The molecule has 7 heteroatoms. The molecule has 0 bridgehead atoms. The van der Waals surface area contributed by atoms with Crippen molar-refractivity contribution in [3.05, 3.63) is 133 Å². The van der Waals surface area contributed by atoms with Crippen molar-refractivity contribution in [1.29, 1.82) is 0 Å². The quantitative estimate of drug-likeness (QED) is 0.192. The first-order valence-corrected chi connectivity index (χ1v) is 16.9. The molecule has 0 aliphatic carbocycles. The zero-order valence-electron chi connectivity index (χ0n) is 24.7. The molecule has 10 aromatic rings. The third-order valence-corrected chi connectivity index (χ3v) is 10.9. The van der Waals surface area contributed by atoms with Crippen LogP contribution in [0.25, 0.3) is 97.1 Å². The van der Waals surface area contributed by atoms with Gasteiger partial charge in [0.1, 0.15) is 5.52 Å². The molecule has 0 amide bonds. The Labute approximate surface area is 276 Å². The van der Waals surface area contributed by atoms with Gasteiger partial charge in [-0.3, -0.25) is 0 Å². The number of thiophene rings is 2. The van der Waals surface area contributed by atoms with Gasteiger partial charge < -0.3 is 4.42 Å². The average molecular weight is 639 g/mol. The standard InChI is InChI=1S/C40H22N4OS2/c1-2-10-23(11-3-1)37-42-38(24-20-21-26-25-12-4-7-18-32(25)46-34(26)22-24)44-39(43-37)28-14-9-19-33-35(28)27-13-8-15-29(36(27)47-33)40-41-30-16-5-6-17-31(30)45-40/h1-22H. The Morgan fingerprint density at radius 3 is 2.06 bits per heavy atom. The lowest BCUT2D eigenvalue weighted by atomic mass is 10.0. The van der Waals surface area contributed by atoms with Crippen molar-refractivity contribution in [2.45, 2.75) is 0 Å². The molecule has 0 aliphatic rings. The minimum absolute atomic E-state index is 0.621. The fourth-order valence-corrected chi connectivity index (χ4v) is 8.78. The van der Waals surface area contributed by atoms with E-state index in [2.05, 4.69) is 78.9 Å². The fraction of sp³-hybridized carbons (Fsp3) is 0. The van der Waals surface area contributed by atoms with Gasteiger partial charge in [-0.25, -0.2) is 19.9 Å². The predicted octanol–water partition coefficient (Wildman–Crippen LogP) is 11.4. The number of benzene rings is 6. The number of rotatable bonds is 4. The molecular weight excluding hydrogens is 617 g/mol. The van der Waals surface area contributed by atoms with Crippen LogP contribution in [0.3, 0.4) is 0 Å². The van der Waals surface area contributed by atoms with Crippen LogP contribution in [0.4, 0.5) is 0 Å². The highest BCUT2D eigenvalue weighted by atomic mass is 32.1. The number of nitrogens with zero attached hydrogens (tertiary/aromatic N) is 4. The van der Waals surface area contributed by atoms with Crippen molar-refractivity contribution in [2.24, 2.45) is 0 Å². The summed E-state index contributed by atoms with van der Waals surface area (Å²) in [6, 6.07) is 45.8. The summed E-state index contributed by atoms with van der Waals surface area (Å²) in [4.78, 5) is 20.1. The van der Waals surface area contributed by atoms with E-state index in [0.29, 0.717) is 23.4 Å². The lowest BCUT2D eigenvalue weighted by molar-refractivity contribution is 0.621. The van der Waals surface area contributed by atoms with Crippen molar-refractivity contribution in [3.8, 4) is 45.6 Å². The first-order chi connectivity index (χ1) is 23.3. The third kappa shape index (κ3) is 4.28. The van der Waals surface area contributed by atoms with Gasteiger partial charge in [0, 0.05) is 57.0 Å². The van der Waals surface area contributed by atoms with E-state index in [1.165, 1.54) is 20.2 Å². The number of para-hydroxylation sites is 2. The smallest absolute Gasteiger partial charge is 0.228 e. The maximum Gasteiger partial charge on any atom is 0.228 e. The largest absolute Gasteiger partial charge is 0.436 e. The Hall–Kier alpha value is -5.76. The highest BCUT2D eigenvalue weighted by Crippen LogP contribution is 2.44. The summed E-state index contributed by atoms with van der Waals surface area (Å²) in [5.41, 5.74) is 5.48. The Morgan fingerprint density at radius 2 is 1.15 bits per heavy atom. The molecule has 0 radical (unpaired) electrons. The van der Waals surface area contributed by atoms with E-state index in [4.69, 9.17) is 24.4 Å². The second-order valence-corrected chi connectivity index (χ2v) is 13.6. The maximum atomic E-state index is 6.22. The molecule has 5 nitrogen and oxygen atoms in total. The van der Waals surface area contributed by atoms with Gasteiger partial charge in [-0.15, -0.1) is 22.7 Å². The minimum atomic E-state index is 0.621. The summed E-state index contributed by atoms with van der Waals surface area (Å²) in [5.74, 6) is 2.56. The van der Waals surface area contributed by atoms with Crippen LogP contribution >= 0.6 is 22.7 Å². The number of aromatic nitrogens is 4. The van der Waals surface area contributed by atoms with Crippen LogP contribution in [0.5, 0.6) is 0 Å². The van der Waals surface area contributed by atoms with Crippen molar-refractivity contribution < 1.29 is 4.42 Å². The lowest BCUT2D eigenvalue weighted by Crippen LogP contribution is -2.00. The van der Waals surface area contributed by atoms with Crippen molar-refractivity contribution in [1.82, 2.24) is 19.9 Å². The summed E-state index contributed by atoms with van der Waals surface area (Å²) >= 11 is 3.53. The average Bonchev–Trinajstić information content (AvgIpc) is 3.84. The zero-order valence-corrected chi connectivity index (χ0v) is 26.3. The summed E-state index contributed by atoms with van der Waals surface area (Å²) < 4.78 is 11.0. The predicted molar refractivity (Wildman–Crippen MR) is 195 cm³/mol. The first-order valence-electron chi connectivity index (χ1n) is 15.3. The monoisotopic (exact) mass is 638 g/mol. The fourth-order valence-electron chi connectivity index (χ4n) is 6.40. The van der Waals surface area contributed by atoms with Crippen molar-refractivity contribution >= 4 is 74.1 Å². The molecule has 4 heterocycles. The van der Waals surface area contributed by atoms with Gasteiger partial charge >= 0.3 is 0 Å². The van der Waals surface area contributed by atoms with Crippen LogP contribution in [-0.4, -0.2) is 19.9 Å². The minimum Gasteiger partial charge on any atom is -0.436 e. The normalized spacial score (nSPS) is 11.8. The number of oxazole rings is 1. The van der Waals surface area contributed by atoms with Gasteiger partial charge in [-0.2, -0.15) is 0 Å². The molecule has 47 heavy (non-hydrogen) atoms. The van der Waals surface area contributed by atoms with Crippen LogP contribution in [0.2, 0.25) is 0 Å². The molecule has 6 aromatic carbocycles. The first kappa shape index (κ1) is 26.5.